The summed E-state index contributed by atoms with van der Waals surface area (Å²) >= 11 is 12.0. The van der Waals surface area contributed by atoms with Crippen LogP contribution in [-0.4, -0.2) is 41.7 Å². The first kappa shape index (κ1) is 16.8. The lowest BCUT2D eigenvalue weighted by Gasteiger charge is -2.35. The maximum absolute atomic E-state index is 12.8. The molecule has 2 N–H and O–H groups in total. The van der Waals surface area contributed by atoms with Crippen molar-refractivity contribution in [3.05, 3.63) is 28.8 Å². The molecule has 0 bridgehead atoms. The van der Waals surface area contributed by atoms with Crippen LogP contribution in [0.3, 0.4) is 0 Å². The molecule has 1 fully saturated rings. The van der Waals surface area contributed by atoms with Crippen molar-refractivity contribution in [3.8, 4) is 0 Å². The van der Waals surface area contributed by atoms with Crippen LogP contribution in [0.25, 0.3) is 0 Å². The number of benzene rings is 1. The molecule has 0 aliphatic carbocycles. The van der Waals surface area contributed by atoms with Gasteiger partial charge < -0.3 is 10.3 Å². The van der Waals surface area contributed by atoms with Crippen LogP contribution in [0.15, 0.2) is 23.3 Å². The molecule has 0 spiro atoms. The predicted octanol–water partition coefficient (Wildman–Crippen LogP) is 3.62. The Bertz CT molecular complexity index is 577. The number of nitrogens with one attached hydrogen (secondary N) is 2. The molecule has 0 saturated carbocycles. The summed E-state index contributed by atoms with van der Waals surface area (Å²) in [6.45, 7) is 0.700. The van der Waals surface area contributed by atoms with Crippen LogP contribution in [0.4, 0.5) is 5.69 Å². The van der Waals surface area contributed by atoms with Crippen molar-refractivity contribution in [2.75, 3.05) is 17.9 Å². The molecular formula is C15H18Cl2N4O. The van der Waals surface area contributed by atoms with Gasteiger partial charge >= 0.3 is 0 Å². The minimum atomic E-state index is -0.0968. The third-order valence-electron chi connectivity index (χ3n) is 3.61. The third-order valence-corrected chi connectivity index (χ3v) is 4.20. The molecule has 1 amide bonds. The molecule has 0 radical (unpaired) electrons. The molecule has 1 heterocycles. The number of amides is 1. The monoisotopic (exact) mass is 340 g/mol. The van der Waals surface area contributed by atoms with E-state index in [4.69, 9.17) is 28.6 Å². The average molecular weight is 341 g/mol. The summed E-state index contributed by atoms with van der Waals surface area (Å²) in [5.74, 6) is 0.335. The van der Waals surface area contributed by atoms with Crippen LogP contribution in [-0.2, 0) is 0 Å². The lowest BCUT2D eigenvalue weighted by molar-refractivity contribution is 0.0640. The second kappa shape index (κ2) is 8.15. The number of piperidine rings is 1. The van der Waals surface area contributed by atoms with Crippen LogP contribution in [0, 0.1) is 5.41 Å². The second-order valence-electron chi connectivity index (χ2n) is 5.05. The highest BCUT2D eigenvalue weighted by molar-refractivity contribution is 6.31. The molecule has 1 aliphatic rings. The largest absolute Gasteiger partial charge is 0.334 e. The van der Waals surface area contributed by atoms with Gasteiger partial charge in [0.15, 0.2) is 0 Å². The van der Waals surface area contributed by atoms with Crippen LogP contribution in [0.1, 0.15) is 29.6 Å². The molecule has 1 atom stereocenters. The summed E-state index contributed by atoms with van der Waals surface area (Å²) in [4.78, 5) is 14.7. The van der Waals surface area contributed by atoms with Crippen molar-refractivity contribution in [2.24, 2.45) is 5.10 Å². The van der Waals surface area contributed by atoms with Crippen molar-refractivity contribution in [1.82, 2.24) is 4.90 Å². The van der Waals surface area contributed by atoms with Crippen molar-refractivity contribution in [3.63, 3.8) is 0 Å². The first-order valence-electron chi connectivity index (χ1n) is 7.12. The van der Waals surface area contributed by atoms with Gasteiger partial charge in [-0.3, -0.25) is 10.2 Å². The van der Waals surface area contributed by atoms with E-state index in [0.29, 0.717) is 28.7 Å². The molecule has 1 aromatic carbocycles. The van der Waals surface area contributed by atoms with E-state index in [2.05, 4.69) is 10.5 Å². The molecule has 0 aromatic heterocycles. The van der Waals surface area contributed by atoms with Crippen molar-refractivity contribution >= 4 is 47.2 Å². The molecule has 1 aliphatic heterocycles. The number of carbonyl (C=O) groups excluding carboxylic acids is 1. The van der Waals surface area contributed by atoms with Gasteiger partial charge in [-0.1, -0.05) is 11.6 Å². The molecule has 22 heavy (non-hydrogen) atoms. The number of hydrogen-bond donors (Lipinski definition) is 2. The van der Waals surface area contributed by atoms with Gasteiger partial charge in [-0.2, -0.15) is 5.10 Å². The molecule has 1 saturated heterocycles. The fraction of sp³-hybridized carbons (Fsp3) is 0.400. The maximum atomic E-state index is 12.8. The van der Waals surface area contributed by atoms with Gasteiger partial charge in [0, 0.05) is 29.7 Å². The smallest absolute Gasteiger partial charge is 0.256 e. The Balaban J connectivity index is 2.28. The Morgan fingerprint density at radius 3 is 3.05 bits per heavy atom. The summed E-state index contributed by atoms with van der Waals surface area (Å²) in [7, 11) is 0. The minimum absolute atomic E-state index is 0.0554. The molecular weight excluding hydrogens is 323 g/mol. The minimum Gasteiger partial charge on any atom is -0.334 e. The number of likely N-dealkylation sites (tertiary alicyclic amines) is 1. The highest BCUT2D eigenvalue weighted by Crippen LogP contribution is 2.26. The summed E-state index contributed by atoms with van der Waals surface area (Å²) < 4.78 is 0. The Morgan fingerprint density at radius 2 is 2.32 bits per heavy atom. The quantitative estimate of drug-likeness (QED) is 0.488. The zero-order chi connectivity index (χ0) is 15.9. The van der Waals surface area contributed by atoms with E-state index >= 15 is 0 Å². The van der Waals surface area contributed by atoms with E-state index in [1.807, 2.05) is 4.90 Å². The lowest BCUT2D eigenvalue weighted by Crippen LogP contribution is -2.44. The number of anilines is 1. The van der Waals surface area contributed by atoms with Gasteiger partial charge in [-0.05, 0) is 37.5 Å². The Morgan fingerprint density at radius 1 is 1.50 bits per heavy atom. The van der Waals surface area contributed by atoms with Crippen molar-refractivity contribution < 1.29 is 4.79 Å². The fourth-order valence-electron chi connectivity index (χ4n) is 2.52. The molecule has 7 heteroatoms. The SMILES string of the molecule is N=C/C=N\Nc1ccc(Cl)cc1C(=O)N1CCCC[C@H]1CCl. The third kappa shape index (κ3) is 3.99. The molecule has 5 nitrogen and oxygen atoms in total. The maximum Gasteiger partial charge on any atom is 0.256 e. The van der Waals surface area contributed by atoms with E-state index in [1.54, 1.807) is 18.2 Å². The van der Waals surface area contributed by atoms with Crippen LogP contribution in [0.2, 0.25) is 5.02 Å². The van der Waals surface area contributed by atoms with E-state index in [-0.39, 0.29) is 11.9 Å². The molecule has 2 rings (SSSR count). The predicted molar refractivity (Wildman–Crippen MR) is 91.7 cm³/mol. The van der Waals surface area contributed by atoms with Gasteiger partial charge in [0.05, 0.1) is 17.5 Å². The van der Waals surface area contributed by atoms with Gasteiger partial charge in [0.1, 0.15) is 0 Å². The van der Waals surface area contributed by atoms with E-state index in [1.165, 1.54) is 6.21 Å². The summed E-state index contributed by atoms with van der Waals surface area (Å²) in [5, 5.41) is 11.3. The van der Waals surface area contributed by atoms with Gasteiger partial charge in [0.25, 0.3) is 5.91 Å². The molecule has 1 aromatic rings. The van der Waals surface area contributed by atoms with E-state index < -0.39 is 0 Å². The van der Waals surface area contributed by atoms with Crippen LogP contribution in [0.5, 0.6) is 0 Å². The average Bonchev–Trinajstić information content (AvgIpc) is 2.55. The fourth-order valence-corrected chi connectivity index (χ4v) is 3.01. The lowest BCUT2D eigenvalue weighted by atomic mass is 10.0. The normalized spacial score (nSPS) is 18.5. The number of hydrogen-bond acceptors (Lipinski definition) is 4. The first-order valence-corrected chi connectivity index (χ1v) is 8.03. The van der Waals surface area contributed by atoms with Gasteiger partial charge in [-0.15, -0.1) is 11.6 Å². The number of halogens is 2. The summed E-state index contributed by atoms with van der Waals surface area (Å²) in [6, 6.07) is 5.08. The highest BCUT2D eigenvalue weighted by Gasteiger charge is 2.28. The Hall–Kier alpha value is -1.59. The number of alkyl halides is 1. The number of hydrazone groups is 1. The zero-order valence-electron chi connectivity index (χ0n) is 12.1. The standard InChI is InChI=1S/C15H18Cl2N4O/c16-10-12-3-1-2-8-21(12)15(22)13-9-11(17)4-5-14(13)20-19-7-6-18/h4-7,9,12,18,20H,1-3,8,10H2/b18-6?,19-7-/t12-/m0/s1. The Kier molecular flexibility index (Phi) is 6.21. The topological polar surface area (TPSA) is 68.5 Å². The van der Waals surface area contributed by atoms with Gasteiger partial charge in [0.2, 0.25) is 0 Å². The van der Waals surface area contributed by atoms with E-state index in [0.717, 1.165) is 25.5 Å². The van der Waals surface area contributed by atoms with Gasteiger partial charge in [-0.25, -0.2) is 0 Å². The summed E-state index contributed by atoms with van der Waals surface area (Å²) in [6.07, 6.45) is 5.34. The van der Waals surface area contributed by atoms with Crippen molar-refractivity contribution in [1.29, 1.82) is 5.41 Å². The number of nitrogens with zero attached hydrogens (tertiary/aromatic N) is 2. The van der Waals surface area contributed by atoms with Crippen LogP contribution >= 0.6 is 23.2 Å². The van der Waals surface area contributed by atoms with Crippen molar-refractivity contribution in [2.45, 2.75) is 25.3 Å². The second-order valence-corrected chi connectivity index (χ2v) is 5.79. The number of rotatable bonds is 5. The first-order chi connectivity index (χ1) is 10.7. The molecule has 118 valence electrons. The highest BCUT2D eigenvalue weighted by atomic mass is 35.5. The summed E-state index contributed by atoms with van der Waals surface area (Å²) in [5.41, 5.74) is 3.80. The number of carbonyl (C=O) groups is 1. The van der Waals surface area contributed by atoms with Crippen LogP contribution < -0.4 is 5.43 Å². The van der Waals surface area contributed by atoms with E-state index in [9.17, 15) is 4.79 Å². The Labute approximate surface area is 139 Å². The zero-order valence-corrected chi connectivity index (χ0v) is 13.6. The molecule has 0 unspecified atom stereocenters.